The first kappa shape index (κ1) is 25.1. The number of alkyl halides is 1. The molecule has 1 unspecified atom stereocenters. The Kier molecular flexibility index (Phi) is 14.2. The first-order valence-electron chi connectivity index (χ1n) is 9.29. The van der Waals surface area contributed by atoms with E-state index in [1.54, 1.807) is 0 Å². The molecule has 1 nitrogen and oxygen atoms in total. The lowest BCUT2D eigenvalue weighted by Crippen LogP contribution is -3.00. The molecule has 4 heteroatoms. The van der Waals surface area contributed by atoms with E-state index in [0.717, 1.165) is 22.5 Å². The third kappa shape index (κ3) is 8.52. The maximum absolute atomic E-state index is 6.37. The minimum atomic E-state index is 0. The molecule has 0 amide bonds. The topological polar surface area (TPSA) is 0 Å². The molecule has 1 rings (SSSR count). The molecule has 0 radical (unpaired) electrons. The number of rotatable bonds is 12. The Labute approximate surface area is 180 Å². The van der Waals surface area contributed by atoms with Crippen LogP contribution in [0.3, 0.4) is 0 Å². The van der Waals surface area contributed by atoms with E-state index in [-0.39, 0.29) is 16.5 Å². The second-order valence-corrected chi connectivity index (χ2v) is 8.23. The molecule has 0 spiro atoms. The molecule has 0 N–H and O–H groups in total. The molecule has 0 aromatic heterocycles. The van der Waals surface area contributed by atoms with Crippen LogP contribution < -0.4 is 12.4 Å². The maximum atomic E-state index is 6.37. The highest BCUT2D eigenvalue weighted by Gasteiger charge is 2.33. The molecule has 1 aromatic rings. The lowest BCUT2D eigenvalue weighted by Gasteiger charge is -2.41. The van der Waals surface area contributed by atoms with E-state index in [1.807, 2.05) is 12.1 Å². The standard InChI is InChI=1S/C21H32ClIN.ClH/c1-4-7-11-16-24(21(23)6-3,17-12-8-5-2)18-15-19-13-9-10-14-20(19)22;/h3,9-10,13-14,21H,4-5,7-8,11-12,15-18H2,1-2H3;1H/q+1;/p-1. The summed E-state index contributed by atoms with van der Waals surface area (Å²) in [5, 5.41) is 0.878. The first-order chi connectivity index (χ1) is 11.6. The van der Waals surface area contributed by atoms with Crippen molar-refractivity contribution in [2.75, 3.05) is 19.6 Å². The number of hydrogen-bond acceptors (Lipinski definition) is 0. The highest BCUT2D eigenvalue weighted by molar-refractivity contribution is 14.1. The largest absolute Gasteiger partial charge is 1.00 e. The van der Waals surface area contributed by atoms with Gasteiger partial charge < -0.3 is 16.9 Å². The van der Waals surface area contributed by atoms with Crippen molar-refractivity contribution in [2.24, 2.45) is 0 Å². The van der Waals surface area contributed by atoms with Crippen LogP contribution in [0.1, 0.15) is 57.9 Å². The van der Waals surface area contributed by atoms with Gasteiger partial charge in [0.05, 0.1) is 19.6 Å². The monoisotopic (exact) mass is 495 g/mol. The zero-order valence-corrected chi connectivity index (χ0v) is 19.3. The van der Waals surface area contributed by atoms with Crippen LogP contribution in [0.25, 0.3) is 0 Å². The predicted octanol–water partition coefficient (Wildman–Crippen LogP) is 3.48. The van der Waals surface area contributed by atoms with Crippen molar-refractivity contribution in [3.05, 3.63) is 34.9 Å². The summed E-state index contributed by atoms with van der Waals surface area (Å²) in [7, 11) is 0. The van der Waals surface area contributed by atoms with Crippen molar-refractivity contribution in [3.8, 4) is 12.3 Å². The minimum absolute atomic E-state index is 0. The lowest BCUT2D eigenvalue weighted by atomic mass is 10.1. The lowest BCUT2D eigenvalue weighted by molar-refractivity contribution is -0.927. The summed E-state index contributed by atoms with van der Waals surface area (Å²) in [6, 6.07) is 8.21. The average molecular weight is 496 g/mol. The van der Waals surface area contributed by atoms with E-state index >= 15 is 0 Å². The molecule has 0 aliphatic heterocycles. The van der Waals surface area contributed by atoms with Crippen molar-refractivity contribution in [1.29, 1.82) is 0 Å². The fourth-order valence-corrected chi connectivity index (χ4v) is 4.30. The van der Waals surface area contributed by atoms with Gasteiger partial charge in [-0.1, -0.05) is 56.5 Å². The molecule has 0 heterocycles. The Bertz CT molecular complexity index is 503. The van der Waals surface area contributed by atoms with Crippen LogP contribution in [-0.4, -0.2) is 28.2 Å². The van der Waals surface area contributed by atoms with E-state index in [9.17, 15) is 0 Å². The number of unbranched alkanes of at least 4 members (excludes halogenated alkanes) is 4. The molecule has 142 valence electrons. The van der Waals surface area contributed by atoms with Gasteiger partial charge in [0.25, 0.3) is 0 Å². The number of hydrogen-bond donors (Lipinski definition) is 0. The summed E-state index contributed by atoms with van der Waals surface area (Å²) in [5.74, 6) is 3.04. The molecule has 0 fully saturated rings. The number of nitrogens with zero attached hydrogens (tertiary/aromatic N) is 1. The Morgan fingerprint density at radius 2 is 1.60 bits per heavy atom. The zero-order chi connectivity index (χ0) is 17.8. The predicted molar refractivity (Wildman–Crippen MR) is 116 cm³/mol. The third-order valence-electron chi connectivity index (χ3n) is 4.82. The van der Waals surface area contributed by atoms with E-state index < -0.39 is 0 Å². The van der Waals surface area contributed by atoms with Gasteiger partial charge in [0, 0.05) is 34.0 Å². The van der Waals surface area contributed by atoms with Crippen LogP contribution in [0.2, 0.25) is 5.02 Å². The highest BCUT2D eigenvalue weighted by atomic mass is 127. The molecular formula is C21H32Cl2IN. The highest BCUT2D eigenvalue weighted by Crippen LogP contribution is 2.25. The first-order valence-corrected chi connectivity index (χ1v) is 10.9. The number of halogens is 3. The third-order valence-corrected chi connectivity index (χ3v) is 6.73. The van der Waals surface area contributed by atoms with Crippen molar-refractivity contribution < 1.29 is 16.9 Å². The smallest absolute Gasteiger partial charge is 0.200 e. The summed E-state index contributed by atoms with van der Waals surface area (Å²) in [6.45, 7) is 7.96. The van der Waals surface area contributed by atoms with Gasteiger partial charge >= 0.3 is 0 Å². The number of quaternary nitrogens is 1. The summed E-state index contributed by atoms with van der Waals surface area (Å²) in [6.07, 6.45) is 14.5. The molecule has 0 bridgehead atoms. The molecule has 0 aliphatic carbocycles. The second kappa shape index (κ2) is 14.2. The van der Waals surface area contributed by atoms with Crippen LogP contribution >= 0.6 is 34.2 Å². The van der Waals surface area contributed by atoms with Crippen molar-refractivity contribution in [3.63, 3.8) is 0 Å². The summed E-state index contributed by atoms with van der Waals surface area (Å²) >= 11 is 8.85. The second-order valence-electron chi connectivity index (χ2n) is 6.65. The molecule has 1 atom stereocenters. The zero-order valence-electron chi connectivity index (χ0n) is 15.6. The van der Waals surface area contributed by atoms with Gasteiger partial charge in [-0.05, 0) is 43.2 Å². The van der Waals surface area contributed by atoms with Crippen LogP contribution in [0.15, 0.2) is 24.3 Å². The van der Waals surface area contributed by atoms with E-state index in [0.29, 0.717) is 0 Å². The average Bonchev–Trinajstić information content (AvgIpc) is 2.60. The van der Waals surface area contributed by atoms with E-state index in [4.69, 9.17) is 18.0 Å². The van der Waals surface area contributed by atoms with Gasteiger partial charge in [0.1, 0.15) is 0 Å². The normalized spacial score (nSPS) is 12.3. The molecule has 25 heavy (non-hydrogen) atoms. The van der Waals surface area contributed by atoms with Crippen LogP contribution in [0.5, 0.6) is 0 Å². The van der Waals surface area contributed by atoms with Crippen molar-refractivity contribution in [1.82, 2.24) is 0 Å². The SMILES string of the molecule is C#CC(I)[N+](CCCCC)(CCCCC)CCc1ccccc1Cl.[Cl-]. The van der Waals surface area contributed by atoms with Gasteiger partial charge in [-0.15, -0.1) is 6.42 Å². The van der Waals surface area contributed by atoms with Crippen molar-refractivity contribution >= 4 is 34.2 Å². The van der Waals surface area contributed by atoms with Gasteiger partial charge in [-0.2, -0.15) is 0 Å². The minimum Gasteiger partial charge on any atom is -1.00 e. The number of terminal acetylenes is 1. The summed E-state index contributed by atoms with van der Waals surface area (Å²) in [4.78, 5) is 0. The Morgan fingerprint density at radius 1 is 1.04 bits per heavy atom. The molecule has 1 aromatic carbocycles. The van der Waals surface area contributed by atoms with Crippen LogP contribution in [-0.2, 0) is 6.42 Å². The van der Waals surface area contributed by atoms with E-state index in [2.05, 4.69) is 54.5 Å². The summed E-state index contributed by atoms with van der Waals surface area (Å²) in [5.41, 5.74) is 1.24. The van der Waals surface area contributed by atoms with Gasteiger partial charge in [0.15, 0.2) is 0 Å². The Morgan fingerprint density at radius 3 is 2.08 bits per heavy atom. The van der Waals surface area contributed by atoms with Crippen LogP contribution in [0, 0.1) is 12.3 Å². The van der Waals surface area contributed by atoms with Crippen LogP contribution in [0.4, 0.5) is 0 Å². The van der Waals surface area contributed by atoms with E-state index in [1.165, 1.54) is 57.2 Å². The maximum Gasteiger partial charge on any atom is 0.200 e. The fraction of sp³-hybridized carbons (Fsp3) is 0.619. The quantitative estimate of drug-likeness (QED) is 0.104. The summed E-state index contributed by atoms with van der Waals surface area (Å²) < 4.78 is 1.27. The van der Waals surface area contributed by atoms with Crippen molar-refractivity contribution in [2.45, 2.75) is 62.8 Å². The number of benzene rings is 1. The fourth-order valence-electron chi connectivity index (χ4n) is 3.23. The Balaban J connectivity index is 0.00000576. The van der Waals surface area contributed by atoms with Gasteiger partial charge in [0.2, 0.25) is 4.05 Å². The molecular weight excluding hydrogens is 464 g/mol. The van der Waals surface area contributed by atoms with Gasteiger partial charge in [-0.25, -0.2) is 0 Å². The molecule has 0 saturated heterocycles. The van der Waals surface area contributed by atoms with Gasteiger partial charge in [-0.3, -0.25) is 0 Å². The Hall–Kier alpha value is 0.0500. The molecule has 0 aliphatic rings. The molecule has 0 saturated carbocycles.